The number of benzene rings is 1. The van der Waals surface area contributed by atoms with Crippen molar-refractivity contribution in [2.45, 2.75) is 30.6 Å². The summed E-state index contributed by atoms with van der Waals surface area (Å²) in [6.45, 7) is 0. The molecule has 0 unspecified atom stereocenters. The molecule has 2 N–H and O–H groups in total. The Balaban J connectivity index is 2.06. The molecule has 0 fully saturated rings. The number of nitrogens with zero attached hydrogens (tertiary/aromatic N) is 2. The molecule has 0 atom stereocenters. The predicted molar refractivity (Wildman–Crippen MR) is 72.3 cm³/mol. The molecule has 0 amide bonds. The van der Waals surface area contributed by atoms with Crippen LogP contribution in [0.25, 0.3) is 0 Å². The van der Waals surface area contributed by atoms with E-state index in [1.807, 2.05) is 6.07 Å². The number of nitrogens with two attached hydrogens (primary N) is 1. The number of hydrogen-bond donors (Lipinski definition) is 1. The van der Waals surface area contributed by atoms with Gasteiger partial charge < -0.3 is 5.73 Å². The van der Waals surface area contributed by atoms with Crippen LogP contribution in [0.5, 0.6) is 0 Å². The van der Waals surface area contributed by atoms with Gasteiger partial charge in [0.1, 0.15) is 5.82 Å². The van der Waals surface area contributed by atoms with Crippen LogP contribution in [-0.2, 0) is 22.9 Å². The normalized spacial score (nSPS) is 15.2. The summed E-state index contributed by atoms with van der Waals surface area (Å²) in [5.74, 6) is 0.196. The third-order valence-corrected chi connectivity index (χ3v) is 5.00. The van der Waals surface area contributed by atoms with Crippen molar-refractivity contribution in [3.63, 3.8) is 0 Å². The number of nitrogen functional groups attached to an aromatic ring is 1. The highest BCUT2D eigenvalue weighted by molar-refractivity contribution is 7.89. The molecule has 0 radical (unpaired) electrons. The van der Waals surface area contributed by atoms with E-state index in [2.05, 4.69) is 5.10 Å². The standard InChI is InChI=1S/C13H15N3O2S/c14-13-7-8-16(15-13)19(17,18)12-6-5-10-3-1-2-4-11(10)9-12/h5-9H,1-4H2,(H2,14,15). The molecule has 0 aliphatic heterocycles. The Labute approximate surface area is 112 Å². The first kappa shape index (κ1) is 12.2. The molecule has 0 saturated carbocycles. The van der Waals surface area contributed by atoms with Crippen LogP contribution >= 0.6 is 0 Å². The maximum absolute atomic E-state index is 12.4. The molecule has 1 aromatic carbocycles. The molecule has 3 rings (SSSR count). The summed E-state index contributed by atoms with van der Waals surface area (Å²) in [6, 6.07) is 6.79. The Morgan fingerprint density at radius 2 is 1.84 bits per heavy atom. The summed E-state index contributed by atoms with van der Waals surface area (Å²) in [5, 5.41) is 3.78. The summed E-state index contributed by atoms with van der Waals surface area (Å²) >= 11 is 0. The largest absolute Gasteiger partial charge is 0.382 e. The third kappa shape index (κ3) is 2.12. The summed E-state index contributed by atoms with van der Waals surface area (Å²) in [6.07, 6.45) is 5.63. The van der Waals surface area contributed by atoms with Gasteiger partial charge in [0.2, 0.25) is 0 Å². The fourth-order valence-electron chi connectivity index (χ4n) is 2.43. The Morgan fingerprint density at radius 1 is 1.11 bits per heavy atom. The van der Waals surface area contributed by atoms with Gasteiger partial charge in [-0.1, -0.05) is 6.07 Å². The highest BCUT2D eigenvalue weighted by atomic mass is 32.2. The highest BCUT2D eigenvalue weighted by Crippen LogP contribution is 2.25. The minimum Gasteiger partial charge on any atom is -0.382 e. The average molecular weight is 277 g/mol. The van der Waals surface area contributed by atoms with Crippen LogP contribution in [0.1, 0.15) is 24.0 Å². The monoisotopic (exact) mass is 277 g/mol. The van der Waals surface area contributed by atoms with E-state index >= 15 is 0 Å². The Kier molecular flexibility index (Phi) is 2.82. The smallest absolute Gasteiger partial charge is 0.283 e. The molecule has 2 aromatic rings. The zero-order chi connectivity index (χ0) is 13.5. The van der Waals surface area contributed by atoms with Crippen molar-refractivity contribution in [1.82, 2.24) is 9.19 Å². The minimum atomic E-state index is -3.63. The SMILES string of the molecule is Nc1ccn(S(=O)(=O)c2ccc3c(c2)CCCC3)n1. The first-order valence-electron chi connectivity index (χ1n) is 6.26. The van der Waals surface area contributed by atoms with Gasteiger partial charge in [-0.25, -0.2) is 0 Å². The predicted octanol–water partition coefficient (Wildman–Crippen LogP) is 1.58. The van der Waals surface area contributed by atoms with Crippen LogP contribution in [0.15, 0.2) is 35.4 Å². The van der Waals surface area contributed by atoms with Gasteiger partial charge in [-0.15, -0.1) is 5.10 Å². The van der Waals surface area contributed by atoms with E-state index in [1.165, 1.54) is 24.2 Å². The molecule has 1 aliphatic carbocycles. The van der Waals surface area contributed by atoms with Crippen LogP contribution in [0, 0.1) is 0 Å². The van der Waals surface area contributed by atoms with Crippen molar-refractivity contribution in [3.05, 3.63) is 41.6 Å². The molecule has 0 saturated heterocycles. The van der Waals surface area contributed by atoms with Gasteiger partial charge in [0.05, 0.1) is 4.90 Å². The second-order valence-electron chi connectivity index (χ2n) is 4.76. The van der Waals surface area contributed by atoms with Crippen LogP contribution in [0.2, 0.25) is 0 Å². The fraction of sp³-hybridized carbons (Fsp3) is 0.308. The zero-order valence-corrected chi connectivity index (χ0v) is 11.2. The van der Waals surface area contributed by atoms with E-state index in [0.29, 0.717) is 0 Å². The third-order valence-electron chi connectivity index (χ3n) is 3.45. The van der Waals surface area contributed by atoms with E-state index in [4.69, 9.17) is 5.73 Å². The van der Waals surface area contributed by atoms with Crippen molar-refractivity contribution < 1.29 is 8.42 Å². The topological polar surface area (TPSA) is 78.0 Å². The molecule has 0 spiro atoms. The van der Waals surface area contributed by atoms with Gasteiger partial charge in [-0.3, -0.25) is 0 Å². The average Bonchev–Trinajstić information content (AvgIpc) is 2.85. The molecule has 100 valence electrons. The molecule has 0 bridgehead atoms. The first-order valence-corrected chi connectivity index (χ1v) is 7.70. The second kappa shape index (κ2) is 4.38. The van der Waals surface area contributed by atoms with Gasteiger partial charge in [-0.05, 0) is 48.9 Å². The maximum Gasteiger partial charge on any atom is 0.283 e. The van der Waals surface area contributed by atoms with Crippen molar-refractivity contribution in [2.24, 2.45) is 0 Å². The molecular formula is C13H15N3O2S. The highest BCUT2D eigenvalue weighted by Gasteiger charge is 2.20. The summed E-state index contributed by atoms with van der Waals surface area (Å²) in [5.41, 5.74) is 7.85. The van der Waals surface area contributed by atoms with Crippen LogP contribution in [-0.4, -0.2) is 17.6 Å². The minimum absolute atomic E-state index is 0.196. The Morgan fingerprint density at radius 3 is 2.53 bits per heavy atom. The van der Waals surface area contributed by atoms with Gasteiger partial charge in [0.15, 0.2) is 0 Å². The number of anilines is 1. The number of aryl methyl sites for hydroxylation is 2. The van der Waals surface area contributed by atoms with Crippen molar-refractivity contribution in [3.8, 4) is 0 Å². The lowest BCUT2D eigenvalue weighted by molar-refractivity contribution is 0.579. The second-order valence-corrected chi connectivity index (χ2v) is 6.55. The number of hydrogen-bond acceptors (Lipinski definition) is 4. The fourth-order valence-corrected chi connectivity index (χ4v) is 3.60. The number of rotatable bonds is 2. The lowest BCUT2D eigenvalue weighted by atomic mass is 9.92. The molecule has 1 heterocycles. The lowest BCUT2D eigenvalue weighted by Crippen LogP contribution is -2.15. The first-order chi connectivity index (χ1) is 9.07. The number of fused-ring (bicyclic) bond motifs is 1. The Bertz CT molecular complexity index is 719. The summed E-state index contributed by atoms with van der Waals surface area (Å²) < 4.78 is 25.7. The quantitative estimate of drug-likeness (QED) is 0.904. The van der Waals surface area contributed by atoms with E-state index < -0.39 is 10.0 Å². The number of aromatic nitrogens is 2. The zero-order valence-electron chi connectivity index (χ0n) is 10.4. The van der Waals surface area contributed by atoms with Crippen LogP contribution in [0.4, 0.5) is 5.82 Å². The molecule has 1 aromatic heterocycles. The van der Waals surface area contributed by atoms with Gasteiger partial charge in [-0.2, -0.15) is 12.5 Å². The van der Waals surface area contributed by atoms with Crippen LogP contribution < -0.4 is 5.73 Å². The van der Waals surface area contributed by atoms with Gasteiger partial charge in [0.25, 0.3) is 10.0 Å². The molecule has 19 heavy (non-hydrogen) atoms. The summed E-state index contributed by atoms with van der Waals surface area (Å²) in [4.78, 5) is 0.274. The maximum atomic E-state index is 12.4. The van der Waals surface area contributed by atoms with E-state index in [0.717, 1.165) is 28.9 Å². The van der Waals surface area contributed by atoms with Crippen molar-refractivity contribution in [2.75, 3.05) is 5.73 Å². The van der Waals surface area contributed by atoms with Crippen molar-refractivity contribution >= 4 is 15.8 Å². The van der Waals surface area contributed by atoms with Gasteiger partial charge in [0, 0.05) is 12.3 Å². The molecular weight excluding hydrogens is 262 g/mol. The van der Waals surface area contributed by atoms with E-state index in [1.54, 1.807) is 12.1 Å². The van der Waals surface area contributed by atoms with E-state index in [-0.39, 0.29) is 10.7 Å². The summed E-state index contributed by atoms with van der Waals surface area (Å²) in [7, 11) is -3.63. The van der Waals surface area contributed by atoms with Crippen molar-refractivity contribution in [1.29, 1.82) is 0 Å². The molecule has 5 nitrogen and oxygen atoms in total. The molecule has 1 aliphatic rings. The van der Waals surface area contributed by atoms with E-state index in [9.17, 15) is 8.42 Å². The van der Waals surface area contributed by atoms with Crippen LogP contribution in [0.3, 0.4) is 0 Å². The van der Waals surface area contributed by atoms with Gasteiger partial charge >= 0.3 is 0 Å². The Hall–Kier alpha value is -1.82. The lowest BCUT2D eigenvalue weighted by Gasteiger charge is -2.16. The molecule has 6 heteroatoms.